The van der Waals surface area contributed by atoms with Crippen LogP contribution in [0.3, 0.4) is 0 Å². The average Bonchev–Trinajstić information content (AvgIpc) is 3.46. The number of ether oxygens (including phenoxy) is 1. The number of carbonyl (C=O) groups is 2. The van der Waals surface area contributed by atoms with Crippen LogP contribution >= 0.6 is 0 Å². The Kier molecular flexibility index (Phi) is 7.16. The maximum absolute atomic E-state index is 13.4. The zero-order valence-corrected chi connectivity index (χ0v) is 22.2. The molecular formula is C30H34N2O5. The largest absolute Gasteiger partial charge is 0.507 e. The Morgan fingerprint density at radius 3 is 2.35 bits per heavy atom. The highest BCUT2D eigenvalue weighted by atomic mass is 16.5. The Labute approximate surface area is 218 Å². The van der Waals surface area contributed by atoms with Crippen LogP contribution in [-0.4, -0.2) is 42.4 Å². The van der Waals surface area contributed by atoms with Crippen LogP contribution in [0, 0.1) is 0 Å². The molecule has 1 unspecified atom stereocenters. The van der Waals surface area contributed by atoms with Gasteiger partial charge in [0, 0.05) is 30.9 Å². The van der Waals surface area contributed by atoms with Gasteiger partial charge in [-0.3, -0.25) is 9.59 Å². The van der Waals surface area contributed by atoms with Crippen molar-refractivity contribution in [3.05, 3.63) is 88.9 Å². The summed E-state index contributed by atoms with van der Waals surface area (Å²) in [6, 6.07) is 15.7. The van der Waals surface area contributed by atoms with Gasteiger partial charge in [-0.2, -0.15) is 0 Å². The molecule has 194 valence electrons. The van der Waals surface area contributed by atoms with Crippen LogP contribution in [-0.2, 0) is 21.5 Å². The number of anilines is 1. The van der Waals surface area contributed by atoms with Crippen LogP contribution in [0.1, 0.15) is 56.2 Å². The van der Waals surface area contributed by atoms with Gasteiger partial charge in [-0.15, -0.1) is 0 Å². The fourth-order valence-corrected chi connectivity index (χ4v) is 4.62. The highest BCUT2D eigenvalue weighted by Gasteiger charge is 2.46. The molecule has 4 rings (SSSR count). The van der Waals surface area contributed by atoms with Gasteiger partial charge in [0.15, 0.2) is 0 Å². The molecule has 3 aromatic rings. The monoisotopic (exact) mass is 502 g/mol. The topological polar surface area (TPSA) is 83.2 Å². The first-order valence-corrected chi connectivity index (χ1v) is 12.4. The molecule has 1 atom stereocenters. The molecule has 1 amide bonds. The molecule has 0 bridgehead atoms. The van der Waals surface area contributed by atoms with Crippen LogP contribution in [0.25, 0.3) is 5.76 Å². The van der Waals surface area contributed by atoms with E-state index >= 15 is 0 Å². The zero-order valence-electron chi connectivity index (χ0n) is 22.2. The maximum Gasteiger partial charge on any atom is 0.296 e. The minimum Gasteiger partial charge on any atom is -0.507 e. The summed E-state index contributed by atoms with van der Waals surface area (Å²) in [6.45, 7) is 8.71. The predicted molar refractivity (Wildman–Crippen MR) is 144 cm³/mol. The molecule has 1 fully saturated rings. The lowest BCUT2D eigenvalue weighted by molar-refractivity contribution is -0.140. The smallest absolute Gasteiger partial charge is 0.296 e. The molecule has 0 radical (unpaired) electrons. The quantitative estimate of drug-likeness (QED) is 0.255. The SMILES string of the molecule is CCOc1ccc(/C(O)=C2/C(=O)C(=O)N(Cc3ccco3)C2c2ccc(N(C)C)cc2)cc1C(C)(C)C. The molecule has 1 aliphatic heterocycles. The third-order valence-corrected chi connectivity index (χ3v) is 6.53. The Morgan fingerprint density at radius 2 is 1.78 bits per heavy atom. The summed E-state index contributed by atoms with van der Waals surface area (Å²) in [4.78, 5) is 30.1. The van der Waals surface area contributed by atoms with E-state index in [1.54, 1.807) is 24.3 Å². The Hall–Kier alpha value is -4.00. The number of likely N-dealkylation sites (tertiary alicyclic amines) is 1. The van der Waals surface area contributed by atoms with Gasteiger partial charge in [-0.05, 0) is 60.4 Å². The summed E-state index contributed by atoms with van der Waals surface area (Å²) in [5.74, 6) is -0.345. The molecule has 1 saturated heterocycles. The second-order valence-electron chi connectivity index (χ2n) is 10.4. The molecule has 37 heavy (non-hydrogen) atoms. The molecule has 1 N–H and O–H groups in total. The van der Waals surface area contributed by atoms with Crippen molar-refractivity contribution in [1.29, 1.82) is 0 Å². The molecule has 1 aliphatic rings. The Bertz CT molecular complexity index is 1320. The number of nitrogens with zero attached hydrogens (tertiary/aromatic N) is 2. The number of amides is 1. The lowest BCUT2D eigenvalue weighted by Crippen LogP contribution is -2.29. The highest BCUT2D eigenvalue weighted by molar-refractivity contribution is 6.46. The number of aliphatic hydroxyl groups excluding tert-OH is 1. The first kappa shape index (κ1) is 26.1. The number of furan rings is 1. The minimum absolute atomic E-state index is 0.0539. The molecule has 0 aliphatic carbocycles. The number of hydrogen-bond donors (Lipinski definition) is 1. The summed E-state index contributed by atoms with van der Waals surface area (Å²) >= 11 is 0. The standard InChI is InChI=1S/C30H34N2O5/c1-7-36-24-15-12-20(17-23(24)30(2,3)4)27(33)25-26(19-10-13-21(14-11-19)31(5)6)32(29(35)28(25)34)18-22-9-8-16-37-22/h8-17,26,33H,7,18H2,1-6H3/b27-25-. The van der Waals surface area contributed by atoms with Crippen LogP contribution in [0.5, 0.6) is 5.75 Å². The van der Waals surface area contributed by atoms with Crippen LogP contribution < -0.4 is 9.64 Å². The van der Waals surface area contributed by atoms with Gasteiger partial charge in [0.05, 0.1) is 31.0 Å². The van der Waals surface area contributed by atoms with E-state index in [0.717, 1.165) is 22.6 Å². The normalized spacial score (nSPS) is 17.4. The Balaban J connectivity index is 1.88. The van der Waals surface area contributed by atoms with Crippen LogP contribution in [0.2, 0.25) is 0 Å². The first-order valence-electron chi connectivity index (χ1n) is 12.4. The summed E-state index contributed by atoms with van der Waals surface area (Å²) in [7, 11) is 3.88. The van der Waals surface area contributed by atoms with Crippen LogP contribution in [0.4, 0.5) is 5.69 Å². The predicted octanol–water partition coefficient (Wildman–Crippen LogP) is 5.66. The highest BCUT2D eigenvalue weighted by Crippen LogP contribution is 2.42. The van der Waals surface area contributed by atoms with E-state index in [1.807, 2.05) is 56.3 Å². The molecule has 2 aromatic carbocycles. The molecule has 0 spiro atoms. The number of rotatable bonds is 7. The molecule has 0 saturated carbocycles. The number of hydrogen-bond acceptors (Lipinski definition) is 6. The van der Waals surface area contributed by atoms with Gasteiger partial charge in [-0.1, -0.05) is 32.9 Å². The van der Waals surface area contributed by atoms with E-state index in [1.165, 1.54) is 11.2 Å². The fourth-order valence-electron chi connectivity index (χ4n) is 4.62. The van der Waals surface area contributed by atoms with E-state index in [-0.39, 0.29) is 23.3 Å². The van der Waals surface area contributed by atoms with Crippen molar-refractivity contribution in [3.63, 3.8) is 0 Å². The van der Waals surface area contributed by atoms with Crippen LogP contribution in [0.15, 0.2) is 70.9 Å². The van der Waals surface area contributed by atoms with Crippen molar-refractivity contribution in [2.24, 2.45) is 0 Å². The van der Waals surface area contributed by atoms with Crippen molar-refractivity contribution in [2.45, 2.75) is 45.7 Å². The van der Waals surface area contributed by atoms with E-state index in [2.05, 4.69) is 20.8 Å². The zero-order chi connectivity index (χ0) is 26.9. The molecule has 7 heteroatoms. The van der Waals surface area contributed by atoms with Gasteiger partial charge in [0.2, 0.25) is 0 Å². The summed E-state index contributed by atoms with van der Waals surface area (Å²) in [6.07, 6.45) is 1.53. The van der Waals surface area contributed by atoms with E-state index in [4.69, 9.17) is 9.15 Å². The van der Waals surface area contributed by atoms with Crippen molar-refractivity contribution >= 4 is 23.1 Å². The van der Waals surface area contributed by atoms with Crippen molar-refractivity contribution in [1.82, 2.24) is 4.90 Å². The van der Waals surface area contributed by atoms with Crippen molar-refractivity contribution in [3.8, 4) is 5.75 Å². The molecule has 2 heterocycles. The maximum atomic E-state index is 13.4. The third kappa shape index (κ3) is 5.12. The fraction of sp³-hybridized carbons (Fsp3) is 0.333. The van der Waals surface area contributed by atoms with Gasteiger partial charge in [-0.25, -0.2) is 0 Å². The number of benzene rings is 2. The summed E-state index contributed by atoms with van der Waals surface area (Å²) in [5, 5.41) is 11.5. The Morgan fingerprint density at radius 1 is 1.08 bits per heavy atom. The lowest BCUT2D eigenvalue weighted by Gasteiger charge is -2.26. The number of carbonyl (C=O) groups excluding carboxylic acids is 2. The number of Topliss-reactive ketones (excluding diaryl/α,β-unsaturated/α-hetero) is 1. The van der Waals surface area contributed by atoms with Gasteiger partial charge < -0.3 is 24.1 Å². The number of aliphatic hydroxyl groups is 1. The van der Waals surface area contributed by atoms with E-state index in [9.17, 15) is 14.7 Å². The van der Waals surface area contributed by atoms with Crippen molar-refractivity contribution in [2.75, 3.05) is 25.6 Å². The van der Waals surface area contributed by atoms with E-state index in [0.29, 0.717) is 17.9 Å². The second kappa shape index (κ2) is 10.2. The third-order valence-electron chi connectivity index (χ3n) is 6.53. The van der Waals surface area contributed by atoms with Gasteiger partial charge >= 0.3 is 0 Å². The number of ketones is 1. The van der Waals surface area contributed by atoms with E-state index < -0.39 is 17.7 Å². The van der Waals surface area contributed by atoms with Gasteiger partial charge in [0.25, 0.3) is 11.7 Å². The summed E-state index contributed by atoms with van der Waals surface area (Å²) < 4.78 is 11.3. The van der Waals surface area contributed by atoms with Crippen molar-refractivity contribution < 1.29 is 23.8 Å². The average molecular weight is 503 g/mol. The second-order valence-corrected chi connectivity index (χ2v) is 10.4. The first-order chi connectivity index (χ1) is 17.5. The lowest BCUT2D eigenvalue weighted by atomic mass is 9.84. The molecule has 1 aromatic heterocycles. The molecular weight excluding hydrogens is 468 g/mol. The molecule has 7 nitrogen and oxygen atoms in total. The summed E-state index contributed by atoms with van der Waals surface area (Å²) in [5.41, 5.74) is 2.84. The van der Waals surface area contributed by atoms with Gasteiger partial charge in [0.1, 0.15) is 17.3 Å². The minimum atomic E-state index is -0.772.